The molecular formula is C26H27BrCl2N4O3S. The number of carbonyl (C=O) groups is 1. The first-order valence-electron chi connectivity index (χ1n) is 12.2. The zero-order valence-electron chi connectivity index (χ0n) is 20.3. The molecule has 2 heterocycles. The van der Waals surface area contributed by atoms with E-state index in [2.05, 4.69) is 25.6 Å². The summed E-state index contributed by atoms with van der Waals surface area (Å²) in [5.74, 6) is 0.201. The predicted octanol–water partition coefficient (Wildman–Crippen LogP) is 6.45. The summed E-state index contributed by atoms with van der Waals surface area (Å²) in [4.78, 5) is 19.9. The minimum atomic E-state index is -3.95. The summed E-state index contributed by atoms with van der Waals surface area (Å²) in [6.45, 7) is 2.11. The fraction of sp³-hybridized carbons (Fsp3) is 0.385. The molecule has 0 unspecified atom stereocenters. The van der Waals surface area contributed by atoms with Crippen LogP contribution in [0.1, 0.15) is 44.6 Å². The Balaban J connectivity index is 1.58. The molecule has 1 aliphatic heterocycles. The molecule has 2 aliphatic rings. The second kappa shape index (κ2) is 10.3. The number of halogens is 3. The Bertz CT molecular complexity index is 1420. The van der Waals surface area contributed by atoms with Gasteiger partial charge in [-0.15, -0.1) is 0 Å². The van der Waals surface area contributed by atoms with E-state index in [1.165, 1.54) is 22.1 Å². The molecule has 1 N–H and O–H groups in total. The van der Waals surface area contributed by atoms with Crippen molar-refractivity contribution in [2.45, 2.75) is 56.0 Å². The Morgan fingerprint density at radius 1 is 1.08 bits per heavy atom. The number of carbonyl (C=O) groups excluding carboxylic acids is 1. The van der Waals surface area contributed by atoms with Gasteiger partial charge < -0.3 is 0 Å². The van der Waals surface area contributed by atoms with Crippen LogP contribution in [0, 0.1) is 5.92 Å². The third kappa shape index (κ3) is 5.21. The maximum absolute atomic E-state index is 14.1. The van der Waals surface area contributed by atoms with Crippen molar-refractivity contribution < 1.29 is 13.2 Å². The molecule has 1 amide bonds. The smallest absolute Gasteiger partial charge is 0.260 e. The highest BCUT2D eigenvalue weighted by Crippen LogP contribution is 2.44. The SMILES string of the molecule is C[C@@]1(Cc2ccc(Br)cc2)C(=O)N(c2cc(Cl)cc(Cl)c2)c2ncc(S(=O)(=O)NCC3CCCCC3)n21. The van der Waals surface area contributed by atoms with Crippen LogP contribution in [0.5, 0.6) is 0 Å². The largest absolute Gasteiger partial charge is 0.284 e. The van der Waals surface area contributed by atoms with Crippen molar-refractivity contribution in [1.29, 1.82) is 0 Å². The third-order valence-electron chi connectivity index (χ3n) is 7.20. The first-order chi connectivity index (χ1) is 17.6. The summed E-state index contributed by atoms with van der Waals surface area (Å²) in [6.07, 6.45) is 7.03. The average Bonchev–Trinajstić information content (AvgIpc) is 3.38. The topological polar surface area (TPSA) is 84.3 Å². The van der Waals surface area contributed by atoms with Crippen LogP contribution >= 0.6 is 39.1 Å². The molecule has 1 aliphatic carbocycles. The highest BCUT2D eigenvalue weighted by atomic mass is 79.9. The van der Waals surface area contributed by atoms with E-state index in [-0.39, 0.29) is 23.3 Å². The van der Waals surface area contributed by atoms with Crippen LogP contribution in [-0.2, 0) is 26.8 Å². The predicted molar refractivity (Wildman–Crippen MR) is 149 cm³/mol. The van der Waals surface area contributed by atoms with Crippen molar-refractivity contribution in [3.8, 4) is 0 Å². The lowest BCUT2D eigenvalue weighted by Crippen LogP contribution is -2.43. The van der Waals surface area contributed by atoms with E-state index in [1.807, 2.05) is 24.3 Å². The quantitative estimate of drug-likeness (QED) is 0.327. The van der Waals surface area contributed by atoms with Crippen LogP contribution in [0.4, 0.5) is 11.6 Å². The molecule has 0 bridgehead atoms. The zero-order valence-corrected chi connectivity index (χ0v) is 24.2. The van der Waals surface area contributed by atoms with Crippen molar-refractivity contribution >= 4 is 66.7 Å². The van der Waals surface area contributed by atoms with Gasteiger partial charge in [-0.1, -0.05) is 70.5 Å². The number of anilines is 2. The minimum absolute atomic E-state index is 0.0399. The first kappa shape index (κ1) is 26.7. The number of hydrogen-bond acceptors (Lipinski definition) is 4. The maximum atomic E-state index is 14.1. The normalized spacial score (nSPS) is 20.4. The Hall–Kier alpha value is -1.91. The molecule has 37 heavy (non-hydrogen) atoms. The highest BCUT2D eigenvalue weighted by molar-refractivity contribution is 9.10. The van der Waals surface area contributed by atoms with E-state index in [0.717, 1.165) is 35.7 Å². The fourth-order valence-electron chi connectivity index (χ4n) is 5.31. The molecular weight excluding hydrogens is 599 g/mol. The van der Waals surface area contributed by atoms with Crippen LogP contribution in [0.15, 0.2) is 58.2 Å². The molecule has 0 radical (unpaired) electrons. The van der Waals surface area contributed by atoms with Crippen LogP contribution in [-0.4, -0.2) is 30.4 Å². The van der Waals surface area contributed by atoms with E-state index in [0.29, 0.717) is 28.2 Å². The molecule has 7 nitrogen and oxygen atoms in total. The van der Waals surface area contributed by atoms with Gasteiger partial charge in [0, 0.05) is 27.5 Å². The Morgan fingerprint density at radius 2 is 1.73 bits per heavy atom. The van der Waals surface area contributed by atoms with Gasteiger partial charge in [-0.3, -0.25) is 9.36 Å². The van der Waals surface area contributed by atoms with Gasteiger partial charge in [-0.25, -0.2) is 23.0 Å². The number of nitrogens with one attached hydrogen (secondary N) is 1. The summed E-state index contributed by atoms with van der Waals surface area (Å²) in [5, 5.41) is 0.677. The number of hydrogen-bond donors (Lipinski definition) is 1. The fourth-order valence-corrected chi connectivity index (χ4v) is 7.41. The number of amides is 1. The minimum Gasteiger partial charge on any atom is -0.284 e. The molecule has 1 aromatic heterocycles. The molecule has 1 fully saturated rings. The maximum Gasteiger partial charge on any atom is 0.260 e. The number of aromatic nitrogens is 2. The van der Waals surface area contributed by atoms with Gasteiger partial charge in [0.25, 0.3) is 15.9 Å². The van der Waals surface area contributed by atoms with E-state index < -0.39 is 15.6 Å². The average molecular weight is 626 g/mol. The standard InChI is InChI=1S/C26H27BrCl2N4O3S/c1-26(14-17-7-9-19(27)10-8-17)24(34)32(22-12-20(28)11-21(29)13-22)25-30-16-23(33(25)26)37(35,36)31-15-18-5-3-2-4-6-18/h7-13,16,18,31H,2-6,14-15H2,1H3/t26-/m1/s1. The molecule has 196 valence electrons. The van der Waals surface area contributed by atoms with E-state index in [9.17, 15) is 13.2 Å². The summed E-state index contributed by atoms with van der Waals surface area (Å²) < 4.78 is 32.4. The number of benzene rings is 2. The summed E-state index contributed by atoms with van der Waals surface area (Å²) in [5.41, 5.74) is 0.0415. The van der Waals surface area contributed by atoms with Gasteiger partial charge in [0.2, 0.25) is 5.95 Å². The monoisotopic (exact) mass is 624 g/mol. The number of sulfonamides is 1. The molecule has 2 aromatic carbocycles. The van der Waals surface area contributed by atoms with Crippen LogP contribution in [0.2, 0.25) is 10.0 Å². The Labute approximate surface area is 235 Å². The Morgan fingerprint density at radius 3 is 2.38 bits per heavy atom. The van der Waals surface area contributed by atoms with Crippen LogP contribution in [0.3, 0.4) is 0 Å². The number of nitrogens with zero attached hydrogens (tertiary/aromatic N) is 3. The van der Waals surface area contributed by atoms with Crippen molar-refractivity contribution in [2.24, 2.45) is 5.92 Å². The van der Waals surface area contributed by atoms with Gasteiger partial charge in [0.15, 0.2) is 5.03 Å². The lowest BCUT2D eigenvalue weighted by Gasteiger charge is -2.27. The lowest BCUT2D eigenvalue weighted by atomic mass is 9.90. The molecule has 0 saturated heterocycles. The first-order valence-corrected chi connectivity index (χ1v) is 15.2. The van der Waals surface area contributed by atoms with Gasteiger partial charge in [0.1, 0.15) is 5.54 Å². The summed E-state index contributed by atoms with van der Waals surface area (Å²) >= 11 is 15.9. The van der Waals surface area contributed by atoms with Gasteiger partial charge in [-0.2, -0.15) is 0 Å². The molecule has 3 aromatic rings. The highest BCUT2D eigenvalue weighted by Gasteiger charge is 2.51. The van der Waals surface area contributed by atoms with Crippen molar-refractivity contribution in [3.63, 3.8) is 0 Å². The van der Waals surface area contributed by atoms with E-state index in [1.54, 1.807) is 25.1 Å². The van der Waals surface area contributed by atoms with Gasteiger partial charge >= 0.3 is 0 Å². The second-order valence-electron chi connectivity index (χ2n) is 9.93. The molecule has 0 spiro atoms. The van der Waals surface area contributed by atoms with Crippen molar-refractivity contribution in [2.75, 3.05) is 11.4 Å². The molecule has 1 atom stereocenters. The van der Waals surface area contributed by atoms with Gasteiger partial charge in [-0.05, 0) is 61.6 Å². The molecule has 11 heteroatoms. The molecule has 1 saturated carbocycles. The number of imidazole rings is 1. The summed E-state index contributed by atoms with van der Waals surface area (Å²) in [7, 11) is -3.95. The number of rotatable bonds is 7. The van der Waals surface area contributed by atoms with Gasteiger partial charge in [0.05, 0.1) is 11.9 Å². The van der Waals surface area contributed by atoms with E-state index in [4.69, 9.17) is 23.2 Å². The summed E-state index contributed by atoms with van der Waals surface area (Å²) in [6, 6.07) is 12.4. The number of fused-ring (bicyclic) bond motifs is 1. The lowest BCUT2D eigenvalue weighted by molar-refractivity contribution is -0.124. The van der Waals surface area contributed by atoms with E-state index >= 15 is 0 Å². The van der Waals surface area contributed by atoms with Crippen molar-refractivity contribution in [1.82, 2.24) is 14.3 Å². The second-order valence-corrected chi connectivity index (χ2v) is 13.4. The van der Waals surface area contributed by atoms with Crippen LogP contribution < -0.4 is 9.62 Å². The van der Waals surface area contributed by atoms with Crippen LogP contribution in [0.25, 0.3) is 0 Å². The molecule has 5 rings (SSSR count). The van der Waals surface area contributed by atoms with Crippen molar-refractivity contribution in [3.05, 3.63) is 68.7 Å². The Kier molecular flexibility index (Phi) is 7.46. The third-order valence-corrected chi connectivity index (χ3v) is 9.55. The zero-order chi connectivity index (χ0) is 26.4.